The Hall–Kier alpha value is -1.59. The second-order valence-corrected chi connectivity index (χ2v) is 34.5. The Morgan fingerprint density at radius 1 is 0.220 bits per heavy atom. The van der Waals surface area contributed by atoms with Gasteiger partial charge in [-0.3, -0.25) is 39.9 Å². The summed E-state index contributed by atoms with van der Waals surface area (Å²) < 4.78 is 0. The summed E-state index contributed by atoms with van der Waals surface area (Å²) in [6, 6.07) is 0. The van der Waals surface area contributed by atoms with E-state index in [9.17, 15) is 39.6 Å². The molecule has 0 saturated heterocycles. The molecule has 4 heterocycles. The van der Waals surface area contributed by atoms with Gasteiger partial charge in [-0.25, -0.2) is 0 Å². The Balaban J connectivity index is 0. The van der Waals surface area contributed by atoms with Crippen LogP contribution in [-0.2, 0) is 19.2 Å². The van der Waals surface area contributed by atoms with E-state index in [1.54, 1.807) is 0 Å². The molecule has 466 valence electrons. The fourth-order valence-corrected chi connectivity index (χ4v) is 8.93. The van der Waals surface area contributed by atoms with Crippen LogP contribution in [0.15, 0.2) is 39.9 Å². The average Bonchev–Trinajstić information content (AvgIpc) is 3.97. The monoisotopic (exact) mass is 1420 g/mol. The topological polar surface area (TPSA) is 259 Å². The number of nitrogens with zero attached hydrogens (tertiary/aromatic N) is 8. The van der Waals surface area contributed by atoms with Crippen LogP contribution < -0.4 is 20.4 Å². The molecule has 0 atom stereocenters. The van der Waals surface area contributed by atoms with Gasteiger partial charge in [0.15, 0.2) is 22.7 Å². The van der Waals surface area contributed by atoms with Crippen LogP contribution in [0.1, 0.15) is 249 Å². The predicted molar refractivity (Wildman–Crippen MR) is 324 cm³/mol. The summed E-state index contributed by atoms with van der Waals surface area (Å²) in [5, 5.41) is 47.2. The molecule has 0 unspecified atom stereocenters. The second-order valence-electron chi connectivity index (χ2n) is 34.5. The Bertz CT molecular complexity index is 2180. The molecular weight excluding hydrogens is 1310 g/mol. The molecule has 0 aliphatic carbocycles. The van der Waals surface area contributed by atoms with Crippen molar-refractivity contribution >= 4 is 69.6 Å². The summed E-state index contributed by atoms with van der Waals surface area (Å²) in [6.07, 6.45) is 0. The molecule has 4 rings (SSSR count). The van der Waals surface area contributed by atoms with E-state index in [1.165, 1.54) is 0 Å². The number of aliphatic carboxylic acids is 4. The molecule has 0 aromatic heterocycles. The fourth-order valence-electron chi connectivity index (χ4n) is 8.93. The molecule has 0 spiro atoms. The van der Waals surface area contributed by atoms with Gasteiger partial charge in [0.05, 0.1) is 69.6 Å². The van der Waals surface area contributed by atoms with E-state index in [0.717, 1.165) is 45.7 Å². The molecule has 0 saturated carbocycles. The second kappa shape index (κ2) is 25.5. The van der Waals surface area contributed by atoms with Crippen molar-refractivity contribution in [3.63, 3.8) is 0 Å². The van der Waals surface area contributed by atoms with Crippen LogP contribution in [0.3, 0.4) is 0 Å². The van der Waals surface area contributed by atoms with Crippen molar-refractivity contribution in [3.8, 4) is 0 Å². The third kappa shape index (κ3) is 17.8. The van der Waals surface area contributed by atoms with Gasteiger partial charge in [0, 0.05) is 65.0 Å². The summed E-state index contributed by atoms with van der Waals surface area (Å²) in [4.78, 5) is 83.6. The Morgan fingerprint density at radius 3 is 0.329 bits per heavy atom. The minimum Gasteiger partial charge on any atom is -0.545 e. The molecule has 0 aromatic rings. The van der Waals surface area contributed by atoms with Gasteiger partial charge in [0.2, 0.25) is 0 Å². The number of carboxylic acids is 4. The van der Waals surface area contributed by atoms with Gasteiger partial charge in [0.1, 0.15) is 0 Å². The van der Waals surface area contributed by atoms with Crippen molar-refractivity contribution in [2.45, 2.75) is 272 Å². The fraction of sp³-hybridized carbons (Fsp3) is 0.812. The van der Waals surface area contributed by atoms with Crippen LogP contribution in [0, 0.1) is 164 Å². The van der Waals surface area contributed by atoms with Crippen LogP contribution in [-0.4, -0.2) is 92.2 Å². The number of carbonyl (C=O) groups excluding carboxylic acids is 4. The zero-order valence-corrected chi connectivity index (χ0v) is 62.4. The molecule has 0 bridgehead atoms. The summed E-state index contributed by atoms with van der Waals surface area (Å²) >= 11 is 0. The van der Waals surface area contributed by atoms with Crippen LogP contribution in [0.4, 0.5) is 0 Å². The molecule has 18 heteroatoms. The van der Waals surface area contributed by atoms with Crippen LogP contribution in [0.25, 0.3) is 0 Å². The number of carboxylic acid groups (broad SMARTS) is 4. The van der Waals surface area contributed by atoms with E-state index in [2.05, 4.69) is 39.9 Å². The van der Waals surface area contributed by atoms with Crippen LogP contribution in [0.2, 0.25) is 0 Å². The van der Waals surface area contributed by atoms with Crippen molar-refractivity contribution in [1.82, 2.24) is 0 Å². The minimum atomic E-state index is -1.53. The first-order valence-corrected chi connectivity index (χ1v) is 28.2. The number of carbonyl (C=O) groups is 4. The smallest absolute Gasteiger partial charge is 0.545 e. The van der Waals surface area contributed by atoms with Gasteiger partial charge in [-0.2, -0.15) is 0 Å². The minimum absolute atomic E-state index is 0. The van der Waals surface area contributed by atoms with E-state index in [4.69, 9.17) is 0 Å². The van der Waals surface area contributed by atoms with Gasteiger partial charge < -0.3 is 39.6 Å². The van der Waals surface area contributed by atoms with Crippen LogP contribution in [0.5, 0.6) is 0 Å². The maximum Gasteiger partial charge on any atom is 2.00 e. The van der Waals surface area contributed by atoms with Gasteiger partial charge in [-0.05, 0) is 0 Å². The van der Waals surface area contributed by atoms with Crippen molar-refractivity contribution in [1.29, 1.82) is 0 Å². The summed E-state index contributed by atoms with van der Waals surface area (Å²) in [6.45, 7) is 70.7. The third-order valence-corrected chi connectivity index (χ3v) is 14.1. The molecule has 0 amide bonds. The molecule has 0 fully saturated rings. The quantitative estimate of drug-likeness (QED) is 0.261. The number of rotatable bonds is 4. The molecule has 0 N–H and O–H groups in total. The first-order valence-electron chi connectivity index (χ1n) is 28.2. The first kappa shape index (κ1) is 82.5. The molecule has 4 aliphatic rings. The first-order chi connectivity index (χ1) is 34.5. The molecule has 2 radical (unpaired) electrons. The maximum absolute atomic E-state index is 11.8. The zero-order valence-electron chi connectivity index (χ0n) is 57.6. The Morgan fingerprint density at radius 2 is 0.293 bits per heavy atom. The SMILES string of the molecule is CC(C)(C)C1=NC(C(=O)[O-])(C(C)(C)C)N=C1C(C)(C)C.CC(C)(C)C1=NC(C(=O)[O-])(C(C)(C)C)N=C1C(C)(C)C.CC(C)(C)C1=NC(C(=O)[O-])(C(C)(C)C)N=C1C(C)(C)C.CC(C)(C)C1=NC(C(=O)[O-])(C(C)(C)C)N=C1C(C)(C)C.[Eu+2].[Eu+2]. The molecule has 4 aliphatic heterocycles. The van der Waals surface area contributed by atoms with Crippen molar-refractivity contribution in [2.24, 2.45) is 105 Å². The average molecular weight is 1420 g/mol. The molecule has 16 nitrogen and oxygen atoms in total. The van der Waals surface area contributed by atoms with E-state index in [1.807, 2.05) is 249 Å². The maximum atomic E-state index is 11.8. The van der Waals surface area contributed by atoms with Gasteiger partial charge in [0.25, 0.3) is 0 Å². The van der Waals surface area contributed by atoms with E-state index in [-0.39, 0.29) is 142 Å². The van der Waals surface area contributed by atoms with E-state index >= 15 is 0 Å². The Kier molecular flexibility index (Phi) is 25.6. The summed E-state index contributed by atoms with van der Waals surface area (Å²) in [5.41, 5.74) is -4.59. The number of hydrogen-bond acceptors (Lipinski definition) is 16. The summed E-state index contributed by atoms with van der Waals surface area (Å²) in [7, 11) is 0. The van der Waals surface area contributed by atoms with Crippen molar-refractivity contribution < 1.29 is 138 Å². The van der Waals surface area contributed by atoms with E-state index < -0.39 is 68.2 Å². The van der Waals surface area contributed by atoms with Crippen molar-refractivity contribution in [2.75, 3.05) is 0 Å². The standard InChI is InChI=1S/4C16H28N2O2.2Eu/c4*1-13(2,3)10-11(14(4,5)6)18-16(17-10,12(19)20)15(7,8)9;;/h4*1-9H3,(H,19,20);;/q;;;;2*+2/p-4. The number of aliphatic imine (C=N–C) groups is 8. The molecular formula is C64H108Eu2N8O8. The third-order valence-electron chi connectivity index (χ3n) is 14.1. The van der Waals surface area contributed by atoms with Gasteiger partial charge >= 0.3 is 98.8 Å². The molecule has 0 aromatic carbocycles. The van der Waals surface area contributed by atoms with Gasteiger partial charge in [-0.15, -0.1) is 0 Å². The van der Waals surface area contributed by atoms with Crippen LogP contribution >= 0.6 is 0 Å². The summed E-state index contributed by atoms with van der Waals surface area (Å²) in [5.74, 6) is -4.92. The van der Waals surface area contributed by atoms with E-state index in [0.29, 0.717) is 0 Å². The zero-order chi connectivity index (χ0) is 64.6. The Labute approximate surface area is 578 Å². The van der Waals surface area contributed by atoms with Gasteiger partial charge in [-0.1, -0.05) is 249 Å². The molecule has 82 heavy (non-hydrogen) atoms. The largest absolute Gasteiger partial charge is 2.00 e. The predicted octanol–water partition coefficient (Wildman–Crippen LogP) is 9.87. The number of hydrogen-bond donors (Lipinski definition) is 0. The van der Waals surface area contributed by atoms with Crippen molar-refractivity contribution in [3.05, 3.63) is 0 Å². The normalized spacial score (nSPS) is 19.2.